The second kappa shape index (κ2) is 37.5. The van der Waals surface area contributed by atoms with Gasteiger partial charge in [-0.2, -0.15) is 0 Å². The van der Waals surface area contributed by atoms with Crippen molar-refractivity contribution >= 4 is 0 Å². The predicted molar refractivity (Wildman–Crippen MR) is 191 cm³/mol. The average molecular weight is 607 g/mol. The van der Waals surface area contributed by atoms with Crippen molar-refractivity contribution in [1.82, 2.24) is 0 Å². The van der Waals surface area contributed by atoms with Crippen molar-refractivity contribution in [2.24, 2.45) is 0 Å². The lowest BCUT2D eigenvalue weighted by atomic mass is 9.99. The molecule has 3 nitrogen and oxygen atoms in total. The molecule has 0 aromatic heterocycles. The molecule has 43 heavy (non-hydrogen) atoms. The Bertz CT molecular complexity index is 510. The van der Waals surface area contributed by atoms with Crippen molar-refractivity contribution in [3.63, 3.8) is 0 Å². The van der Waals surface area contributed by atoms with Gasteiger partial charge in [-0.15, -0.1) is 0 Å². The monoisotopic (exact) mass is 607 g/mol. The summed E-state index contributed by atoms with van der Waals surface area (Å²) in [5.74, 6) is 0. The van der Waals surface area contributed by atoms with E-state index in [0.717, 1.165) is 12.8 Å². The van der Waals surface area contributed by atoms with E-state index >= 15 is 0 Å². The number of rotatable bonds is 36. The van der Waals surface area contributed by atoms with Gasteiger partial charge in [0.25, 0.3) is 0 Å². The molecule has 0 aliphatic rings. The summed E-state index contributed by atoms with van der Waals surface area (Å²) in [4.78, 5) is 0. The predicted octanol–water partition coefficient (Wildman–Crippen LogP) is 12.6. The zero-order chi connectivity index (χ0) is 31.3. The van der Waals surface area contributed by atoms with Crippen molar-refractivity contribution in [2.45, 2.75) is 219 Å². The molecule has 2 atom stereocenters. The van der Waals surface area contributed by atoms with E-state index in [1.807, 2.05) is 12.2 Å². The molecule has 0 spiro atoms. The summed E-state index contributed by atoms with van der Waals surface area (Å²) in [7, 11) is 0. The SMILES string of the molecule is CCCCCCCCCCCC(CCCCCC=CCO)OC(CCCCCC=CCO)CCCCCCCCCCC. The van der Waals surface area contributed by atoms with Crippen molar-refractivity contribution in [1.29, 1.82) is 0 Å². The van der Waals surface area contributed by atoms with Gasteiger partial charge in [0.15, 0.2) is 0 Å². The van der Waals surface area contributed by atoms with Gasteiger partial charge in [-0.1, -0.05) is 179 Å². The molecule has 0 rings (SSSR count). The summed E-state index contributed by atoms with van der Waals surface area (Å²) in [6.45, 7) is 4.92. The molecule has 0 saturated heterocycles. The third-order valence-electron chi connectivity index (χ3n) is 8.98. The Hall–Kier alpha value is -0.640. The summed E-state index contributed by atoms with van der Waals surface area (Å²) in [5, 5.41) is 17.9. The molecule has 2 N–H and O–H groups in total. The van der Waals surface area contributed by atoms with E-state index in [9.17, 15) is 0 Å². The van der Waals surface area contributed by atoms with E-state index in [-0.39, 0.29) is 13.2 Å². The lowest BCUT2D eigenvalue weighted by Crippen LogP contribution is -2.23. The second-order valence-electron chi connectivity index (χ2n) is 13.2. The van der Waals surface area contributed by atoms with Gasteiger partial charge < -0.3 is 14.9 Å². The van der Waals surface area contributed by atoms with Crippen LogP contribution in [0, 0.1) is 0 Å². The van der Waals surface area contributed by atoms with Gasteiger partial charge in [-0.05, 0) is 51.4 Å². The highest BCUT2D eigenvalue weighted by Gasteiger charge is 2.17. The van der Waals surface area contributed by atoms with E-state index in [4.69, 9.17) is 14.9 Å². The number of hydrogen-bond acceptors (Lipinski definition) is 3. The fourth-order valence-corrected chi connectivity index (χ4v) is 6.21. The summed E-state index contributed by atoms with van der Waals surface area (Å²) in [6.07, 6.45) is 48.3. The molecule has 0 saturated carbocycles. The minimum atomic E-state index is 0.161. The molecule has 0 aromatic carbocycles. The molecule has 0 aliphatic heterocycles. The van der Waals surface area contributed by atoms with Gasteiger partial charge in [-0.3, -0.25) is 0 Å². The maximum absolute atomic E-state index is 8.96. The van der Waals surface area contributed by atoms with Crippen LogP contribution in [0.2, 0.25) is 0 Å². The first-order valence-corrected chi connectivity index (χ1v) is 19.5. The Kier molecular flexibility index (Phi) is 37.0. The Morgan fingerprint density at radius 3 is 0.953 bits per heavy atom. The number of unbranched alkanes of at least 4 members (excludes halogenated alkanes) is 22. The van der Waals surface area contributed by atoms with Gasteiger partial charge in [0.1, 0.15) is 0 Å². The number of allylic oxidation sites excluding steroid dienone is 2. The smallest absolute Gasteiger partial charge is 0.0612 e. The van der Waals surface area contributed by atoms with Gasteiger partial charge >= 0.3 is 0 Å². The van der Waals surface area contributed by atoms with Crippen LogP contribution in [-0.2, 0) is 4.74 Å². The first-order chi connectivity index (χ1) is 21.3. The zero-order valence-electron chi connectivity index (χ0n) is 29.4. The maximum atomic E-state index is 8.96. The van der Waals surface area contributed by atoms with Crippen molar-refractivity contribution in [2.75, 3.05) is 13.2 Å². The molecule has 0 bridgehead atoms. The van der Waals surface area contributed by atoms with Gasteiger partial charge in [0, 0.05) is 0 Å². The van der Waals surface area contributed by atoms with Crippen LogP contribution in [0.25, 0.3) is 0 Å². The van der Waals surface area contributed by atoms with E-state index in [0.29, 0.717) is 12.2 Å². The molecular formula is C40H78O3. The van der Waals surface area contributed by atoms with Crippen molar-refractivity contribution < 1.29 is 14.9 Å². The van der Waals surface area contributed by atoms with E-state index in [2.05, 4.69) is 26.0 Å². The number of aliphatic hydroxyl groups excluding tert-OH is 2. The van der Waals surface area contributed by atoms with Crippen LogP contribution < -0.4 is 0 Å². The summed E-state index contributed by atoms with van der Waals surface area (Å²) in [6, 6.07) is 0. The van der Waals surface area contributed by atoms with Crippen LogP contribution in [0.3, 0.4) is 0 Å². The highest BCUT2D eigenvalue weighted by atomic mass is 16.5. The largest absolute Gasteiger partial charge is 0.392 e. The van der Waals surface area contributed by atoms with E-state index in [1.54, 1.807) is 0 Å². The number of ether oxygens (including phenoxy) is 1. The second-order valence-corrected chi connectivity index (χ2v) is 13.2. The molecule has 0 aliphatic carbocycles. The van der Waals surface area contributed by atoms with Gasteiger partial charge in [-0.25, -0.2) is 0 Å². The van der Waals surface area contributed by atoms with E-state index < -0.39 is 0 Å². The number of aliphatic hydroxyl groups is 2. The highest BCUT2D eigenvalue weighted by Crippen LogP contribution is 2.23. The fourth-order valence-electron chi connectivity index (χ4n) is 6.21. The standard InChI is InChI=1S/C40H78O3/c1-3-5-7-9-11-13-15-21-27-33-39(35-29-23-17-19-25-31-37-41)43-40(36-30-24-18-20-26-32-38-42)34-28-22-16-14-12-10-8-6-4-2/h25-26,31-32,39-42H,3-24,27-30,33-38H2,1-2H3. The summed E-state index contributed by atoms with van der Waals surface area (Å²) >= 11 is 0. The normalized spacial score (nSPS) is 13.5. The third kappa shape index (κ3) is 34.1. The average Bonchev–Trinajstić information content (AvgIpc) is 3.01. The van der Waals surface area contributed by atoms with Crippen LogP contribution in [0.4, 0.5) is 0 Å². The molecule has 0 radical (unpaired) electrons. The topological polar surface area (TPSA) is 49.7 Å². The van der Waals surface area contributed by atoms with Crippen molar-refractivity contribution in [3.05, 3.63) is 24.3 Å². The van der Waals surface area contributed by atoms with Gasteiger partial charge in [0.05, 0.1) is 25.4 Å². The number of hydrogen-bond donors (Lipinski definition) is 2. The molecule has 0 amide bonds. The molecule has 0 fully saturated rings. The Balaban J connectivity index is 4.71. The first-order valence-electron chi connectivity index (χ1n) is 19.5. The lowest BCUT2D eigenvalue weighted by molar-refractivity contribution is -0.0324. The van der Waals surface area contributed by atoms with E-state index in [1.165, 1.54) is 180 Å². The molecule has 0 heterocycles. The highest BCUT2D eigenvalue weighted by molar-refractivity contribution is 4.81. The molecule has 256 valence electrons. The zero-order valence-corrected chi connectivity index (χ0v) is 29.4. The minimum Gasteiger partial charge on any atom is -0.392 e. The molecule has 2 unspecified atom stereocenters. The molecular weight excluding hydrogens is 528 g/mol. The van der Waals surface area contributed by atoms with Crippen molar-refractivity contribution in [3.8, 4) is 0 Å². The van der Waals surface area contributed by atoms with Crippen LogP contribution in [0.1, 0.15) is 206 Å². The quantitative estimate of drug-likeness (QED) is 0.0551. The Morgan fingerprint density at radius 1 is 0.372 bits per heavy atom. The minimum absolute atomic E-state index is 0.161. The van der Waals surface area contributed by atoms with Gasteiger partial charge in [0.2, 0.25) is 0 Å². The van der Waals surface area contributed by atoms with Crippen LogP contribution in [0.5, 0.6) is 0 Å². The summed E-state index contributed by atoms with van der Waals surface area (Å²) < 4.78 is 6.99. The van der Waals surface area contributed by atoms with Crippen LogP contribution in [-0.4, -0.2) is 35.6 Å². The Labute approximate surface area is 270 Å². The Morgan fingerprint density at radius 2 is 0.651 bits per heavy atom. The maximum Gasteiger partial charge on any atom is 0.0612 e. The lowest BCUT2D eigenvalue weighted by Gasteiger charge is -2.26. The molecule has 3 heteroatoms. The third-order valence-corrected chi connectivity index (χ3v) is 8.98. The van der Waals surface area contributed by atoms with Crippen LogP contribution in [0.15, 0.2) is 24.3 Å². The van der Waals surface area contributed by atoms with Crippen LogP contribution >= 0.6 is 0 Å². The molecule has 0 aromatic rings. The fraction of sp³-hybridized carbons (Fsp3) is 0.900. The first kappa shape index (κ1) is 42.4. The summed E-state index contributed by atoms with van der Waals surface area (Å²) in [5.41, 5.74) is 0.